The molecule has 2 N–H and O–H groups in total. The van der Waals surface area contributed by atoms with Crippen LogP contribution in [0.2, 0.25) is 5.02 Å². The van der Waals surface area contributed by atoms with Crippen molar-refractivity contribution in [1.82, 2.24) is 10.2 Å². The maximum Gasteiger partial charge on any atom is 0.274 e. The highest BCUT2D eigenvalue weighted by molar-refractivity contribution is 6.46. The van der Waals surface area contributed by atoms with E-state index in [9.17, 15) is 9.90 Å². The molecule has 2 fully saturated rings. The number of aliphatic hydroxyl groups excluding tert-OH is 1. The van der Waals surface area contributed by atoms with Gasteiger partial charge in [0.1, 0.15) is 18.5 Å². The highest BCUT2D eigenvalue weighted by Crippen LogP contribution is 2.34. The SMILES string of the molecule is O=C(NC(CN1CCC1)C(O)c1ccc(OC2CC2)c(Cl)c1)C1=NOCc2c1ccc1ccccc21. The Labute approximate surface area is 214 Å². The summed E-state index contributed by atoms with van der Waals surface area (Å²) in [6.45, 7) is 2.70. The predicted molar refractivity (Wildman–Crippen MR) is 138 cm³/mol. The molecule has 186 valence electrons. The van der Waals surface area contributed by atoms with Gasteiger partial charge in [-0.15, -0.1) is 0 Å². The Bertz CT molecular complexity index is 1340. The molecule has 0 spiro atoms. The van der Waals surface area contributed by atoms with E-state index in [1.165, 1.54) is 0 Å². The van der Waals surface area contributed by atoms with E-state index in [2.05, 4.69) is 15.4 Å². The number of ether oxygens (including phenoxy) is 1. The van der Waals surface area contributed by atoms with Gasteiger partial charge in [0.05, 0.1) is 17.2 Å². The number of hydrogen-bond donors (Lipinski definition) is 2. The van der Waals surface area contributed by atoms with Crippen molar-refractivity contribution in [2.75, 3.05) is 19.6 Å². The largest absolute Gasteiger partial charge is 0.489 e. The van der Waals surface area contributed by atoms with E-state index < -0.39 is 12.1 Å². The minimum absolute atomic E-state index is 0.217. The van der Waals surface area contributed by atoms with Crippen molar-refractivity contribution in [1.29, 1.82) is 0 Å². The predicted octanol–water partition coefficient (Wildman–Crippen LogP) is 4.19. The number of nitrogens with zero attached hydrogens (tertiary/aromatic N) is 2. The molecule has 8 heteroatoms. The minimum atomic E-state index is -0.955. The molecule has 3 aromatic carbocycles. The highest BCUT2D eigenvalue weighted by Gasteiger charge is 2.32. The van der Waals surface area contributed by atoms with Gasteiger partial charge in [-0.3, -0.25) is 4.79 Å². The lowest BCUT2D eigenvalue weighted by molar-refractivity contribution is -0.116. The van der Waals surface area contributed by atoms with E-state index >= 15 is 0 Å². The Morgan fingerprint density at radius 3 is 2.78 bits per heavy atom. The summed E-state index contributed by atoms with van der Waals surface area (Å²) in [6, 6.07) is 16.7. The monoisotopic (exact) mass is 505 g/mol. The Kier molecular flexibility index (Phi) is 6.29. The van der Waals surface area contributed by atoms with Crippen LogP contribution in [0.15, 0.2) is 59.8 Å². The molecule has 2 heterocycles. The number of benzene rings is 3. The van der Waals surface area contributed by atoms with E-state index in [0.717, 1.165) is 54.3 Å². The van der Waals surface area contributed by atoms with Gasteiger partial charge in [-0.1, -0.05) is 59.2 Å². The molecular weight excluding hydrogens is 478 g/mol. The molecule has 1 saturated heterocycles. The van der Waals surface area contributed by atoms with Crippen LogP contribution in [0.4, 0.5) is 0 Å². The molecule has 2 unspecified atom stereocenters. The quantitative estimate of drug-likeness (QED) is 0.479. The molecule has 2 atom stereocenters. The van der Waals surface area contributed by atoms with E-state index in [1.807, 2.05) is 42.5 Å². The number of carbonyl (C=O) groups excluding carboxylic acids is 1. The standard InChI is InChI=1S/C28H28ClN3O4/c29-23-14-18(7-11-25(23)36-19-8-9-19)27(33)24(15-32-12-3-13-32)30-28(34)26-21-10-6-17-4-1-2-5-20(17)22(21)16-35-31-26/h1-2,4-7,10-11,14,19,24,27,33H,3,8-9,12-13,15-16H2,(H,30,34). The van der Waals surface area contributed by atoms with Gasteiger partial charge in [0.2, 0.25) is 0 Å². The van der Waals surface area contributed by atoms with Crippen molar-refractivity contribution in [3.8, 4) is 5.75 Å². The fourth-order valence-electron chi connectivity index (χ4n) is 4.79. The van der Waals surface area contributed by atoms with E-state index in [1.54, 1.807) is 12.1 Å². The lowest BCUT2D eigenvalue weighted by Crippen LogP contribution is -2.52. The fourth-order valence-corrected chi connectivity index (χ4v) is 5.02. The fraction of sp³-hybridized carbons (Fsp3) is 0.357. The second-order valence-electron chi connectivity index (χ2n) is 9.71. The minimum Gasteiger partial charge on any atom is -0.489 e. The first-order chi connectivity index (χ1) is 17.6. The number of amides is 1. The molecule has 7 nitrogen and oxygen atoms in total. The number of oxime groups is 1. The van der Waals surface area contributed by atoms with Crippen LogP contribution in [0.5, 0.6) is 5.75 Å². The molecule has 0 radical (unpaired) electrons. The molecule has 6 rings (SSSR count). The van der Waals surface area contributed by atoms with Crippen molar-refractivity contribution in [2.24, 2.45) is 5.16 Å². The maximum atomic E-state index is 13.5. The summed E-state index contributed by atoms with van der Waals surface area (Å²) >= 11 is 6.46. The summed E-state index contributed by atoms with van der Waals surface area (Å²) in [5.74, 6) is 0.242. The molecule has 36 heavy (non-hydrogen) atoms. The van der Waals surface area contributed by atoms with Gasteiger partial charge in [-0.05, 0) is 60.8 Å². The lowest BCUT2D eigenvalue weighted by atomic mass is 9.95. The maximum absolute atomic E-state index is 13.5. The van der Waals surface area contributed by atoms with E-state index in [0.29, 0.717) is 29.5 Å². The molecule has 3 aliphatic rings. The summed E-state index contributed by atoms with van der Waals surface area (Å²) in [5, 5.41) is 21.0. The Balaban J connectivity index is 1.25. The second-order valence-corrected chi connectivity index (χ2v) is 10.1. The van der Waals surface area contributed by atoms with Gasteiger partial charge in [0, 0.05) is 17.7 Å². The topological polar surface area (TPSA) is 83.4 Å². The molecule has 1 amide bonds. The number of carbonyl (C=O) groups is 1. The van der Waals surface area contributed by atoms with Crippen molar-refractivity contribution in [3.63, 3.8) is 0 Å². The van der Waals surface area contributed by atoms with Crippen molar-refractivity contribution >= 4 is 34.0 Å². The first-order valence-electron chi connectivity index (χ1n) is 12.4. The van der Waals surface area contributed by atoms with Crippen LogP contribution in [0, 0.1) is 0 Å². The van der Waals surface area contributed by atoms with Gasteiger partial charge in [-0.25, -0.2) is 0 Å². The van der Waals surface area contributed by atoms with E-state index in [-0.39, 0.29) is 17.7 Å². The number of likely N-dealkylation sites (tertiary alicyclic amines) is 1. The average molecular weight is 506 g/mol. The summed E-state index contributed by atoms with van der Waals surface area (Å²) in [6.07, 6.45) is 2.46. The number of rotatable bonds is 8. The Morgan fingerprint density at radius 2 is 2.03 bits per heavy atom. The van der Waals surface area contributed by atoms with Gasteiger partial charge in [0.25, 0.3) is 5.91 Å². The normalized spacial score (nSPS) is 18.9. The Morgan fingerprint density at radius 1 is 1.19 bits per heavy atom. The molecule has 2 aliphatic heterocycles. The zero-order valence-corrected chi connectivity index (χ0v) is 20.6. The smallest absolute Gasteiger partial charge is 0.274 e. The Hall–Kier alpha value is -3.13. The van der Waals surface area contributed by atoms with Crippen LogP contribution in [0.3, 0.4) is 0 Å². The highest BCUT2D eigenvalue weighted by atomic mass is 35.5. The van der Waals surface area contributed by atoms with Gasteiger partial charge >= 0.3 is 0 Å². The molecule has 3 aromatic rings. The average Bonchev–Trinajstić information content (AvgIpc) is 3.69. The van der Waals surface area contributed by atoms with Crippen molar-refractivity contribution in [3.05, 3.63) is 76.3 Å². The third-order valence-corrected chi connectivity index (χ3v) is 7.39. The summed E-state index contributed by atoms with van der Waals surface area (Å²) in [5.41, 5.74) is 2.53. The zero-order valence-electron chi connectivity index (χ0n) is 19.8. The van der Waals surface area contributed by atoms with Crippen LogP contribution >= 0.6 is 11.6 Å². The number of aliphatic hydroxyl groups is 1. The van der Waals surface area contributed by atoms with Crippen LogP contribution in [0.25, 0.3) is 10.8 Å². The van der Waals surface area contributed by atoms with Crippen molar-refractivity contribution < 1.29 is 19.5 Å². The molecule has 1 saturated carbocycles. The summed E-state index contributed by atoms with van der Waals surface area (Å²) < 4.78 is 5.83. The number of hydrogen-bond acceptors (Lipinski definition) is 6. The van der Waals surface area contributed by atoms with E-state index in [4.69, 9.17) is 21.2 Å². The van der Waals surface area contributed by atoms with Crippen molar-refractivity contribution in [2.45, 2.75) is 44.1 Å². The molecule has 1 aliphatic carbocycles. The van der Waals surface area contributed by atoms with Crippen LogP contribution in [0.1, 0.15) is 42.1 Å². The third-order valence-electron chi connectivity index (χ3n) is 7.09. The lowest BCUT2D eigenvalue weighted by Gasteiger charge is -2.36. The first kappa shape index (κ1) is 23.3. The van der Waals surface area contributed by atoms with Gasteiger partial charge in [-0.2, -0.15) is 0 Å². The van der Waals surface area contributed by atoms with Crippen LogP contribution in [-0.4, -0.2) is 53.4 Å². The summed E-state index contributed by atoms with van der Waals surface area (Å²) in [4.78, 5) is 21.2. The summed E-state index contributed by atoms with van der Waals surface area (Å²) in [7, 11) is 0. The van der Waals surface area contributed by atoms with Gasteiger partial charge < -0.3 is 24.9 Å². The number of halogens is 1. The third kappa shape index (κ3) is 4.66. The van der Waals surface area contributed by atoms with Gasteiger partial charge in [0.15, 0.2) is 5.71 Å². The first-order valence-corrected chi connectivity index (χ1v) is 12.8. The zero-order chi connectivity index (χ0) is 24.6. The number of nitrogens with one attached hydrogen (secondary N) is 1. The van der Waals surface area contributed by atoms with Crippen LogP contribution in [-0.2, 0) is 16.2 Å². The number of fused-ring (bicyclic) bond motifs is 3. The molecular formula is C28H28ClN3O4. The van der Waals surface area contributed by atoms with Crippen LogP contribution < -0.4 is 10.1 Å². The molecule has 0 bridgehead atoms. The second kappa shape index (κ2) is 9.73. The molecule has 0 aromatic heterocycles.